The third-order valence-electron chi connectivity index (χ3n) is 4.53. The van der Waals surface area contributed by atoms with Crippen molar-refractivity contribution >= 4 is 11.9 Å². The normalized spacial score (nSPS) is 22.3. The maximum atomic E-state index is 12.6. The molecule has 5 nitrogen and oxygen atoms in total. The second-order valence-electron chi connectivity index (χ2n) is 7.22. The van der Waals surface area contributed by atoms with E-state index in [1.165, 1.54) is 0 Å². The number of hydrogen-bond acceptors (Lipinski definition) is 3. The van der Waals surface area contributed by atoms with Gasteiger partial charge in [-0.1, -0.05) is 40.2 Å². The molecule has 1 saturated heterocycles. The van der Waals surface area contributed by atoms with Crippen LogP contribution in [-0.4, -0.2) is 35.2 Å². The first-order valence-electron chi connectivity index (χ1n) is 7.96. The molecule has 0 unspecified atom stereocenters. The molecule has 0 aliphatic carbocycles. The predicted molar refractivity (Wildman–Crippen MR) is 87.2 cm³/mol. The van der Waals surface area contributed by atoms with Crippen molar-refractivity contribution < 1.29 is 14.3 Å². The Hall–Kier alpha value is -1.36. The number of amides is 3. The number of allylic oxidation sites excluding steroid dienone is 1. The lowest BCUT2D eigenvalue weighted by molar-refractivity contribution is -0.128. The number of carbonyl (C=O) groups excluding carboxylic acids is 2. The highest BCUT2D eigenvalue weighted by Gasteiger charge is 2.46. The third kappa shape index (κ3) is 3.88. The summed E-state index contributed by atoms with van der Waals surface area (Å²) in [6.45, 7) is 15.7. The zero-order valence-corrected chi connectivity index (χ0v) is 14.7. The maximum absolute atomic E-state index is 12.6. The zero-order chi connectivity index (χ0) is 17.1. The van der Waals surface area contributed by atoms with Crippen molar-refractivity contribution in [1.82, 2.24) is 10.2 Å². The van der Waals surface area contributed by atoms with Gasteiger partial charge in [-0.05, 0) is 26.2 Å². The largest absolute Gasteiger partial charge is 0.354 e. The number of nitrogens with one attached hydrogen (secondary N) is 1. The fourth-order valence-corrected chi connectivity index (χ4v) is 2.70. The van der Waals surface area contributed by atoms with E-state index in [-0.39, 0.29) is 18.0 Å². The second kappa shape index (κ2) is 6.82. The highest BCUT2D eigenvalue weighted by Crippen LogP contribution is 2.32. The molecule has 1 N–H and O–H groups in total. The second-order valence-corrected chi connectivity index (χ2v) is 7.22. The molecule has 0 saturated carbocycles. The van der Waals surface area contributed by atoms with Crippen LogP contribution < -0.4 is 5.32 Å². The molecule has 5 heteroatoms. The number of hydrogen-bond donors (Lipinski definition) is 1. The van der Waals surface area contributed by atoms with Gasteiger partial charge in [0.2, 0.25) is 5.91 Å². The Morgan fingerprint density at radius 2 is 2.09 bits per heavy atom. The van der Waals surface area contributed by atoms with E-state index in [1.54, 1.807) is 24.8 Å². The maximum Gasteiger partial charge on any atom is 0.326 e. The van der Waals surface area contributed by atoms with Crippen molar-refractivity contribution in [3.63, 3.8) is 0 Å². The van der Waals surface area contributed by atoms with Gasteiger partial charge in [-0.2, -0.15) is 0 Å². The molecule has 3 amide bonds. The molecule has 0 aromatic heterocycles. The van der Waals surface area contributed by atoms with Crippen LogP contribution in [-0.2, 0) is 9.53 Å². The van der Waals surface area contributed by atoms with Crippen molar-refractivity contribution in [2.45, 2.75) is 66.2 Å². The Kier molecular flexibility index (Phi) is 5.79. The van der Waals surface area contributed by atoms with Gasteiger partial charge in [-0.15, -0.1) is 6.58 Å². The molecule has 0 aromatic rings. The summed E-state index contributed by atoms with van der Waals surface area (Å²) in [4.78, 5) is 26.6. The molecule has 1 rings (SSSR count). The van der Waals surface area contributed by atoms with Crippen LogP contribution in [0.1, 0.15) is 54.4 Å². The van der Waals surface area contributed by atoms with Crippen LogP contribution in [0.2, 0.25) is 0 Å². The molecule has 1 aliphatic heterocycles. The van der Waals surface area contributed by atoms with E-state index in [1.807, 2.05) is 13.8 Å². The smallest absolute Gasteiger partial charge is 0.326 e. The van der Waals surface area contributed by atoms with Crippen LogP contribution in [0.5, 0.6) is 0 Å². The number of urea groups is 1. The Morgan fingerprint density at radius 3 is 2.59 bits per heavy atom. The van der Waals surface area contributed by atoms with Gasteiger partial charge in [0.15, 0.2) is 0 Å². The number of rotatable bonds is 5. The minimum Gasteiger partial charge on any atom is -0.354 e. The Labute approximate surface area is 134 Å². The predicted octanol–water partition coefficient (Wildman–Crippen LogP) is 3.31. The van der Waals surface area contributed by atoms with Gasteiger partial charge in [0.25, 0.3) is 0 Å². The van der Waals surface area contributed by atoms with Gasteiger partial charge < -0.3 is 4.74 Å². The minimum absolute atomic E-state index is 0.0182. The van der Waals surface area contributed by atoms with Crippen LogP contribution in [0, 0.1) is 11.3 Å². The molecular formula is C17H30N2O3. The molecule has 0 spiro atoms. The Morgan fingerprint density at radius 1 is 1.50 bits per heavy atom. The standard InChI is InChI=1S/C17H30N2O3/c1-8-10-16(4,5)14(20)18-15(21)19-13(12(3)9-2)11-22-17(19,6)7/h8,12-13H,1,9-11H2,2-7H3,(H,18,20,21)/t12-,13-/m1/s1. The van der Waals surface area contributed by atoms with E-state index in [9.17, 15) is 9.59 Å². The van der Waals surface area contributed by atoms with Crippen molar-refractivity contribution in [2.75, 3.05) is 6.61 Å². The van der Waals surface area contributed by atoms with Crippen LogP contribution in [0.15, 0.2) is 12.7 Å². The summed E-state index contributed by atoms with van der Waals surface area (Å²) in [5.41, 5.74) is -1.37. The average Bonchev–Trinajstić information content (AvgIpc) is 2.73. The first-order chi connectivity index (χ1) is 10.1. The van der Waals surface area contributed by atoms with Gasteiger partial charge in [0.05, 0.1) is 12.6 Å². The highest BCUT2D eigenvalue weighted by atomic mass is 16.5. The average molecular weight is 310 g/mol. The van der Waals surface area contributed by atoms with E-state index in [4.69, 9.17) is 4.74 Å². The van der Waals surface area contributed by atoms with Gasteiger partial charge >= 0.3 is 6.03 Å². The highest BCUT2D eigenvalue weighted by molar-refractivity contribution is 5.97. The van der Waals surface area contributed by atoms with Gasteiger partial charge in [-0.25, -0.2) is 4.79 Å². The summed E-state index contributed by atoms with van der Waals surface area (Å²) < 4.78 is 5.76. The monoisotopic (exact) mass is 310 g/mol. The lowest BCUT2D eigenvalue weighted by Gasteiger charge is -2.36. The van der Waals surface area contributed by atoms with Gasteiger partial charge in [0, 0.05) is 5.41 Å². The van der Waals surface area contributed by atoms with E-state index in [0.29, 0.717) is 18.9 Å². The van der Waals surface area contributed by atoms with Crippen LogP contribution in [0.25, 0.3) is 0 Å². The molecule has 1 fully saturated rings. The molecule has 22 heavy (non-hydrogen) atoms. The van der Waals surface area contributed by atoms with Crippen LogP contribution in [0.4, 0.5) is 4.79 Å². The van der Waals surface area contributed by atoms with Crippen molar-refractivity contribution in [1.29, 1.82) is 0 Å². The fraction of sp³-hybridized carbons (Fsp3) is 0.765. The van der Waals surface area contributed by atoms with E-state index >= 15 is 0 Å². The molecule has 2 atom stereocenters. The summed E-state index contributed by atoms with van der Waals surface area (Å²) in [5, 5.41) is 2.53. The molecule has 0 bridgehead atoms. The van der Waals surface area contributed by atoms with Gasteiger partial charge in [0.1, 0.15) is 5.72 Å². The lowest BCUT2D eigenvalue weighted by atomic mass is 9.88. The molecule has 126 valence electrons. The molecule has 0 radical (unpaired) electrons. The van der Waals surface area contributed by atoms with Gasteiger partial charge in [-0.3, -0.25) is 15.0 Å². The Balaban J connectivity index is 2.89. The van der Waals surface area contributed by atoms with E-state index < -0.39 is 11.1 Å². The SMILES string of the molecule is C=CCC(C)(C)C(=O)NC(=O)N1[C@@H]([C@H](C)CC)COC1(C)C. The summed E-state index contributed by atoms with van der Waals surface area (Å²) in [6, 6.07) is -0.398. The molecule has 1 heterocycles. The number of nitrogens with zero attached hydrogens (tertiary/aromatic N) is 1. The number of imide groups is 1. The van der Waals surface area contributed by atoms with Crippen molar-refractivity contribution in [3.8, 4) is 0 Å². The van der Waals surface area contributed by atoms with Crippen LogP contribution >= 0.6 is 0 Å². The lowest BCUT2D eigenvalue weighted by Crippen LogP contribution is -2.56. The first kappa shape index (κ1) is 18.7. The number of carbonyl (C=O) groups is 2. The molecule has 1 aliphatic rings. The van der Waals surface area contributed by atoms with Crippen LogP contribution in [0.3, 0.4) is 0 Å². The Bertz CT molecular complexity index is 443. The third-order valence-corrected chi connectivity index (χ3v) is 4.53. The minimum atomic E-state index is -0.707. The van der Waals surface area contributed by atoms with Crippen molar-refractivity contribution in [2.24, 2.45) is 11.3 Å². The summed E-state index contributed by atoms with van der Waals surface area (Å²) in [6.07, 6.45) is 3.15. The van der Waals surface area contributed by atoms with E-state index in [0.717, 1.165) is 6.42 Å². The van der Waals surface area contributed by atoms with Crippen molar-refractivity contribution in [3.05, 3.63) is 12.7 Å². The first-order valence-corrected chi connectivity index (χ1v) is 7.96. The number of ether oxygens (including phenoxy) is 1. The summed E-state index contributed by atoms with van der Waals surface area (Å²) in [7, 11) is 0. The fourth-order valence-electron chi connectivity index (χ4n) is 2.70. The summed E-state index contributed by atoms with van der Waals surface area (Å²) in [5.74, 6) is 0.0202. The molecule has 0 aromatic carbocycles. The quantitative estimate of drug-likeness (QED) is 0.793. The topological polar surface area (TPSA) is 58.6 Å². The summed E-state index contributed by atoms with van der Waals surface area (Å²) >= 11 is 0. The molecular weight excluding hydrogens is 280 g/mol. The zero-order valence-electron chi connectivity index (χ0n) is 14.7. The van der Waals surface area contributed by atoms with E-state index in [2.05, 4.69) is 25.7 Å².